The highest BCUT2D eigenvalue weighted by Crippen LogP contribution is 1.99. The highest BCUT2D eigenvalue weighted by atomic mass is 16.4. The molecule has 76 valence electrons. The van der Waals surface area contributed by atoms with E-state index in [0.29, 0.717) is 12.1 Å². The van der Waals surface area contributed by atoms with Gasteiger partial charge in [0.2, 0.25) is 0 Å². The van der Waals surface area contributed by atoms with Crippen LogP contribution >= 0.6 is 0 Å². The Kier molecular flexibility index (Phi) is 4.66. The lowest BCUT2D eigenvalue weighted by Crippen LogP contribution is -2.42. The Hall–Kier alpha value is -0.870. The number of rotatable bonds is 5. The molecule has 0 rings (SSSR count). The predicted molar refractivity (Wildman–Crippen MR) is 50.6 cm³/mol. The number of aliphatic hydroxyl groups excluding tert-OH is 1. The number of aliphatic carboxylic acids is 1. The molecule has 0 spiro atoms. The Labute approximate surface area is 78.3 Å². The van der Waals surface area contributed by atoms with Gasteiger partial charge < -0.3 is 15.5 Å². The average molecular weight is 187 g/mol. The molecule has 0 bridgehead atoms. The number of hydrogen-bond acceptors (Lipinski definition) is 3. The molecule has 0 aliphatic rings. The van der Waals surface area contributed by atoms with E-state index in [1.807, 2.05) is 13.8 Å². The fourth-order valence-electron chi connectivity index (χ4n) is 0.624. The van der Waals surface area contributed by atoms with Crippen molar-refractivity contribution in [1.82, 2.24) is 5.32 Å². The molecule has 0 aliphatic carbocycles. The van der Waals surface area contributed by atoms with Crippen LogP contribution in [0.15, 0.2) is 11.6 Å². The van der Waals surface area contributed by atoms with E-state index in [4.69, 9.17) is 10.2 Å². The standard InChI is InChI=1S/C9H17NO3/c1-7(8(12)13)4-5-10-9(2,3)6-11/h4,10-11H,5-6H2,1-3H3,(H,12,13). The minimum Gasteiger partial charge on any atom is -0.478 e. The summed E-state index contributed by atoms with van der Waals surface area (Å²) in [7, 11) is 0. The maximum Gasteiger partial charge on any atom is 0.330 e. The van der Waals surface area contributed by atoms with Crippen molar-refractivity contribution in [2.75, 3.05) is 13.2 Å². The second-order valence-corrected chi connectivity index (χ2v) is 3.62. The lowest BCUT2D eigenvalue weighted by molar-refractivity contribution is -0.132. The molecule has 4 heteroatoms. The average Bonchev–Trinajstić information content (AvgIpc) is 2.04. The van der Waals surface area contributed by atoms with Gasteiger partial charge in [-0.2, -0.15) is 0 Å². The number of carbonyl (C=O) groups is 1. The first-order chi connectivity index (χ1) is 5.89. The molecule has 0 unspecified atom stereocenters. The van der Waals surface area contributed by atoms with E-state index >= 15 is 0 Å². The van der Waals surface area contributed by atoms with Crippen LogP contribution in [-0.2, 0) is 4.79 Å². The summed E-state index contributed by atoms with van der Waals surface area (Å²) < 4.78 is 0. The van der Waals surface area contributed by atoms with Crippen molar-refractivity contribution in [2.24, 2.45) is 0 Å². The molecule has 0 saturated carbocycles. The number of aliphatic hydroxyl groups is 1. The maximum atomic E-state index is 10.4. The van der Waals surface area contributed by atoms with Gasteiger partial charge in [0.25, 0.3) is 0 Å². The van der Waals surface area contributed by atoms with Gasteiger partial charge in [0.05, 0.1) is 6.61 Å². The summed E-state index contributed by atoms with van der Waals surface area (Å²) in [5.74, 6) is -0.913. The monoisotopic (exact) mass is 187 g/mol. The maximum absolute atomic E-state index is 10.4. The summed E-state index contributed by atoms with van der Waals surface area (Å²) in [4.78, 5) is 10.4. The van der Waals surface area contributed by atoms with Crippen molar-refractivity contribution in [1.29, 1.82) is 0 Å². The Morgan fingerprint density at radius 1 is 1.54 bits per heavy atom. The summed E-state index contributed by atoms with van der Waals surface area (Å²) in [5.41, 5.74) is -0.0591. The number of hydrogen-bond donors (Lipinski definition) is 3. The van der Waals surface area contributed by atoms with Crippen LogP contribution in [0.4, 0.5) is 0 Å². The molecule has 0 atom stereocenters. The molecule has 0 aromatic heterocycles. The molecule has 0 aromatic carbocycles. The van der Waals surface area contributed by atoms with Crippen molar-refractivity contribution < 1.29 is 15.0 Å². The van der Waals surface area contributed by atoms with E-state index in [0.717, 1.165) is 0 Å². The van der Waals surface area contributed by atoms with Gasteiger partial charge in [-0.1, -0.05) is 6.08 Å². The number of carboxylic acids is 1. The fourth-order valence-corrected chi connectivity index (χ4v) is 0.624. The van der Waals surface area contributed by atoms with E-state index in [1.54, 1.807) is 6.08 Å². The van der Waals surface area contributed by atoms with Gasteiger partial charge in [0.1, 0.15) is 0 Å². The summed E-state index contributed by atoms with van der Waals surface area (Å²) in [6.07, 6.45) is 1.58. The summed E-state index contributed by atoms with van der Waals surface area (Å²) in [5, 5.41) is 20.4. The Morgan fingerprint density at radius 3 is 2.46 bits per heavy atom. The van der Waals surface area contributed by atoms with Gasteiger partial charge in [0, 0.05) is 17.7 Å². The zero-order valence-corrected chi connectivity index (χ0v) is 8.29. The van der Waals surface area contributed by atoms with E-state index in [9.17, 15) is 4.79 Å². The van der Waals surface area contributed by atoms with Crippen LogP contribution in [0.2, 0.25) is 0 Å². The number of nitrogens with one attached hydrogen (secondary N) is 1. The van der Waals surface area contributed by atoms with Crippen molar-refractivity contribution in [3.8, 4) is 0 Å². The third-order valence-electron chi connectivity index (χ3n) is 1.72. The topological polar surface area (TPSA) is 69.6 Å². The van der Waals surface area contributed by atoms with Crippen LogP contribution in [0.3, 0.4) is 0 Å². The smallest absolute Gasteiger partial charge is 0.330 e. The summed E-state index contributed by atoms with van der Waals surface area (Å²) >= 11 is 0. The van der Waals surface area contributed by atoms with Crippen molar-refractivity contribution in [3.05, 3.63) is 11.6 Å². The number of carboxylic acid groups (broad SMARTS) is 1. The minimum absolute atomic E-state index is 0.0208. The first kappa shape index (κ1) is 12.1. The van der Waals surface area contributed by atoms with Gasteiger partial charge in [-0.25, -0.2) is 4.79 Å². The second-order valence-electron chi connectivity index (χ2n) is 3.62. The normalized spacial score (nSPS) is 13.1. The van der Waals surface area contributed by atoms with Crippen LogP contribution in [0.25, 0.3) is 0 Å². The molecule has 0 aliphatic heterocycles. The Balaban J connectivity index is 3.92. The minimum atomic E-state index is -0.913. The molecule has 13 heavy (non-hydrogen) atoms. The molecular weight excluding hydrogens is 170 g/mol. The zero-order valence-electron chi connectivity index (χ0n) is 8.29. The van der Waals surface area contributed by atoms with E-state index in [1.165, 1.54) is 6.92 Å². The second kappa shape index (κ2) is 4.99. The van der Waals surface area contributed by atoms with Gasteiger partial charge >= 0.3 is 5.97 Å². The van der Waals surface area contributed by atoms with E-state index in [-0.39, 0.29) is 12.1 Å². The van der Waals surface area contributed by atoms with Gasteiger partial charge in [-0.3, -0.25) is 0 Å². The molecule has 0 saturated heterocycles. The molecule has 0 fully saturated rings. The lowest BCUT2D eigenvalue weighted by atomic mass is 10.1. The highest BCUT2D eigenvalue weighted by molar-refractivity contribution is 5.85. The van der Waals surface area contributed by atoms with Gasteiger partial charge in [-0.05, 0) is 20.8 Å². The van der Waals surface area contributed by atoms with E-state index in [2.05, 4.69) is 5.32 Å². The Bertz CT molecular complexity index is 209. The molecule has 0 heterocycles. The van der Waals surface area contributed by atoms with Crippen LogP contribution < -0.4 is 5.32 Å². The zero-order chi connectivity index (χ0) is 10.5. The quantitative estimate of drug-likeness (QED) is 0.544. The Morgan fingerprint density at radius 2 is 2.08 bits per heavy atom. The predicted octanol–water partition coefficient (Wildman–Crippen LogP) is 0.378. The van der Waals surface area contributed by atoms with Crippen LogP contribution in [0, 0.1) is 0 Å². The van der Waals surface area contributed by atoms with E-state index < -0.39 is 5.97 Å². The molecule has 4 nitrogen and oxygen atoms in total. The molecule has 0 amide bonds. The van der Waals surface area contributed by atoms with Gasteiger partial charge in [0.15, 0.2) is 0 Å². The summed E-state index contributed by atoms with van der Waals surface area (Å²) in [6, 6.07) is 0. The molecular formula is C9H17NO3. The van der Waals surface area contributed by atoms with Crippen molar-refractivity contribution >= 4 is 5.97 Å². The third kappa shape index (κ3) is 5.38. The van der Waals surface area contributed by atoms with Gasteiger partial charge in [-0.15, -0.1) is 0 Å². The SMILES string of the molecule is CC(=CCNC(C)(C)CO)C(=O)O. The van der Waals surface area contributed by atoms with Crippen LogP contribution in [0.5, 0.6) is 0 Å². The third-order valence-corrected chi connectivity index (χ3v) is 1.72. The first-order valence-electron chi connectivity index (χ1n) is 4.15. The largest absolute Gasteiger partial charge is 0.478 e. The fraction of sp³-hybridized carbons (Fsp3) is 0.667. The van der Waals surface area contributed by atoms with Crippen molar-refractivity contribution in [3.63, 3.8) is 0 Å². The molecule has 0 aromatic rings. The lowest BCUT2D eigenvalue weighted by Gasteiger charge is -2.22. The molecule has 0 radical (unpaired) electrons. The van der Waals surface area contributed by atoms with Crippen molar-refractivity contribution in [2.45, 2.75) is 26.3 Å². The molecule has 3 N–H and O–H groups in total. The van der Waals surface area contributed by atoms with Crippen LogP contribution in [-0.4, -0.2) is 34.9 Å². The first-order valence-corrected chi connectivity index (χ1v) is 4.15. The highest BCUT2D eigenvalue weighted by Gasteiger charge is 2.13. The summed E-state index contributed by atoms with van der Waals surface area (Å²) in [6.45, 7) is 5.70. The van der Waals surface area contributed by atoms with Crippen LogP contribution in [0.1, 0.15) is 20.8 Å².